The van der Waals surface area contributed by atoms with Crippen molar-refractivity contribution in [3.8, 4) is 0 Å². The van der Waals surface area contributed by atoms with Crippen molar-refractivity contribution in [3.63, 3.8) is 0 Å². The summed E-state index contributed by atoms with van der Waals surface area (Å²) >= 11 is 0. The maximum Gasteiger partial charge on any atom is 1.00 e. The molecule has 0 aliphatic carbocycles. The van der Waals surface area contributed by atoms with Crippen LogP contribution in [-0.4, -0.2) is 23.9 Å². The van der Waals surface area contributed by atoms with E-state index in [1.807, 2.05) is 0 Å². The molecule has 0 radical (unpaired) electrons. The Balaban J connectivity index is 0.000000330. The monoisotopic (exact) mass is 1840 g/mol. The smallest absolute Gasteiger partial charge is 0.549 e. The van der Waals surface area contributed by atoms with Gasteiger partial charge in [0.25, 0.3) is 0 Å². The molecule has 16 heteroatoms. The molecular formula is C90H84Ag4O8P4+4. The van der Waals surface area contributed by atoms with Crippen LogP contribution < -0.4 is 84.1 Å². The van der Waals surface area contributed by atoms with Crippen LogP contribution in [0, 0.1) is 10.8 Å². The molecule has 0 saturated carbocycles. The minimum absolute atomic E-state index is 0. The summed E-state index contributed by atoms with van der Waals surface area (Å²) in [6, 6.07) is 130. The fraction of sp³-hybridized carbons (Fsp3) is 0.0667. The van der Waals surface area contributed by atoms with Crippen molar-refractivity contribution in [3.05, 3.63) is 415 Å². The largest absolute Gasteiger partial charge is 1.00 e. The van der Waals surface area contributed by atoms with Gasteiger partial charge in [0.1, 0.15) is 63.7 Å². The van der Waals surface area contributed by atoms with Crippen LogP contribution in [0.5, 0.6) is 0 Å². The van der Waals surface area contributed by atoms with Crippen LogP contribution in [0.4, 0.5) is 0 Å². The van der Waals surface area contributed by atoms with Crippen molar-refractivity contribution >= 4 is 119 Å². The summed E-state index contributed by atoms with van der Waals surface area (Å²) in [5.74, 6) is -6.70. The molecule has 106 heavy (non-hydrogen) atoms. The quantitative estimate of drug-likeness (QED) is 0.0250. The van der Waals surface area contributed by atoms with Crippen LogP contribution >= 0.6 is 31.7 Å². The SMILES string of the molecule is C=CCC(CC=C)(C(=O)[O-])C(=O)[O-].C=CCC(CC=C)(C(=O)[O-])C(=O)[O-].[Ag+].[Ag+].[Ag+].[Ag+].c1ccc([PH+](c2ccccc2)c2ccccc2)cc1.c1ccc([PH+](c2ccccc2)c2ccccc2)cc1.c1ccc([PH+](c2ccccc2)c2ccccc2)cc1.c1ccc([PH+](c2ccccc2)c2ccccc2)cc1. The molecular weight excluding hydrogens is 1760 g/mol. The molecule has 0 bridgehead atoms. The summed E-state index contributed by atoms with van der Waals surface area (Å²) in [6.45, 7) is 13.1. The Labute approximate surface area is 692 Å². The molecule has 12 aromatic carbocycles. The van der Waals surface area contributed by atoms with Gasteiger partial charge in [-0.05, 0) is 171 Å². The van der Waals surface area contributed by atoms with Gasteiger partial charge in [0, 0.05) is 0 Å². The van der Waals surface area contributed by atoms with Crippen LogP contribution in [0.15, 0.2) is 415 Å². The minimum Gasteiger partial charge on any atom is -0.549 e. The van der Waals surface area contributed by atoms with Gasteiger partial charge in [-0.1, -0.05) is 243 Å². The van der Waals surface area contributed by atoms with E-state index in [9.17, 15) is 39.6 Å². The van der Waals surface area contributed by atoms with Crippen LogP contribution in [0.25, 0.3) is 0 Å². The van der Waals surface area contributed by atoms with E-state index in [2.05, 4.69) is 390 Å². The number of carbonyl (C=O) groups is 4. The number of rotatable bonds is 24. The summed E-state index contributed by atoms with van der Waals surface area (Å²) < 4.78 is 0. The zero-order valence-corrected chi connectivity index (χ0v) is 68.0. The first-order chi connectivity index (χ1) is 49.8. The van der Waals surface area contributed by atoms with E-state index in [0.29, 0.717) is 0 Å². The molecule has 8 nitrogen and oxygen atoms in total. The molecule has 12 aromatic rings. The number of carbonyl (C=O) groups excluding carboxylic acids is 4. The van der Waals surface area contributed by atoms with Gasteiger partial charge in [-0.15, -0.1) is 26.3 Å². The molecule has 0 heterocycles. The Bertz CT molecular complexity index is 3490. The van der Waals surface area contributed by atoms with Crippen molar-refractivity contribution in [1.29, 1.82) is 0 Å². The van der Waals surface area contributed by atoms with Crippen molar-refractivity contribution < 1.29 is 129 Å². The van der Waals surface area contributed by atoms with Gasteiger partial charge in [0.05, 0.1) is 66.4 Å². The van der Waals surface area contributed by atoms with Gasteiger partial charge < -0.3 is 39.6 Å². The third-order valence-corrected chi connectivity index (χ3v) is 27.2. The predicted molar refractivity (Wildman–Crippen MR) is 430 cm³/mol. The van der Waals surface area contributed by atoms with Gasteiger partial charge in [-0.3, -0.25) is 0 Å². The van der Waals surface area contributed by atoms with Crippen LogP contribution in [0.2, 0.25) is 0 Å². The Morgan fingerprint density at radius 2 is 0.292 bits per heavy atom. The number of hydrogen-bond acceptors (Lipinski definition) is 8. The van der Waals surface area contributed by atoms with E-state index in [1.54, 1.807) is 0 Å². The van der Waals surface area contributed by atoms with Crippen molar-refractivity contribution in [2.75, 3.05) is 0 Å². The third kappa shape index (κ3) is 28.1. The molecule has 0 aliphatic rings. The average Bonchev–Trinajstić information content (AvgIpc) is 0.822. The van der Waals surface area contributed by atoms with Crippen LogP contribution in [0.1, 0.15) is 25.7 Å². The Morgan fingerprint density at radius 3 is 0.358 bits per heavy atom. The molecule has 0 aromatic heterocycles. The van der Waals surface area contributed by atoms with E-state index >= 15 is 0 Å². The normalized spacial score (nSPS) is 10.2. The van der Waals surface area contributed by atoms with E-state index in [0.717, 1.165) is 0 Å². The standard InChI is InChI=1S/4C18H15P.2C9H12O4.4Ag/c4*1-4-10-16(11-5-1)19(17-12-6-2-7-13-17)18-14-8-3-9-15-18;2*1-3-5-9(6-4-2,7(10)11)8(12)13;;;;/h4*1-15H;2*3-4H,1-2,5-6H2,(H,10,11)(H,12,13);;;;/q;;;;;;4*+1. The maximum atomic E-state index is 10.6. The Hall–Kier alpha value is -7.84. The fourth-order valence-electron chi connectivity index (χ4n) is 11.2. The van der Waals surface area contributed by atoms with E-state index in [4.69, 9.17) is 0 Å². The van der Waals surface area contributed by atoms with Crippen molar-refractivity contribution in [1.82, 2.24) is 0 Å². The zero-order valence-electron chi connectivity index (χ0n) is 58.1. The second-order valence-corrected chi connectivity index (χ2v) is 33.1. The van der Waals surface area contributed by atoms with Crippen molar-refractivity contribution in [2.45, 2.75) is 25.7 Å². The third-order valence-electron chi connectivity index (χ3n) is 16.3. The molecule has 0 amide bonds. The molecule has 0 fully saturated rings. The summed E-state index contributed by atoms with van der Waals surface area (Å²) in [7, 11) is -3.51. The first kappa shape index (κ1) is 92.4. The first-order valence-electron chi connectivity index (χ1n) is 33.2. The first-order valence-corrected chi connectivity index (χ1v) is 39.2. The molecule has 552 valence electrons. The summed E-state index contributed by atoms with van der Waals surface area (Å²) in [5.41, 5.74) is -4.05. The van der Waals surface area contributed by atoms with Gasteiger partial charge in [0.15, 0.2) is 0 Å². The van der Waals surface area contributed by atoms with E-state index in [-0.39, 0.29) is 115 Å². The zero-order chi connectivity index (χ0) is 72.6. The number of benzene rings is 12. The molecule has 0 aliphatic heterocycles. The van der Waals surface area contributed by atoms with Gasteiger partial charge >= 0.3 is 89.5 Å². The molecule has 12 rings (SSSR count). The molecule has 0 unspecified atom stereocenters. The summed E-state index contributed by atoms with van der Waals surface area (Å²) in [4.78, 5) is 42.5. The van der Waals surface area contributed by atoms with Gasteiger partial charge in [-0.2, -0.15) is 0 Å². The summed E-state index contributed by atoms with van der Waals surface area (Å²) in [6.07, 6.45) is 3.88. The predicted octanol–water partition coefficient (Wildman–Crippen LogP) is 9.95. The topological polar surface area (TPSA) is 161 Å². The summed E-state index contributed by atoms with van der Waals surface area (Å²) in [5, 5.41) is 59.7. The Kier molecular flexibility index (Phi) is 44.8. The van der Waals surface area contributed by atoms with Crippen LogP contribution in [0.3, 0.4) is 0 Å². The second-order valence-electron chi connectivity index (χ2n) is 23.2. The van der Waals surface area contributed by atoms with E-state index in [1.165, 1.54) is 88.0 Å². The Morgan fingerprint density at radius 1 is 0.208 bits per heavy atom. The number of carboxylic acid groups (broad SMARTS) is 4. The fourth-order valence-corrected chi connectivity index (χ4v) is 21.6. The molecule has 0 N–H and O–H groups in total. The second kappa shape index (κ2) is 51.4. The van der Waals surface area contributed by atoms with Gasteiger partial charge in [0.2, 0.25) is 0 Å². The average molecular weight is 1850 g/mol. The maximum absolute atomic E-state index is 10.6. The number of aliphatic carboxylic acids is 4. The molecule has 0 saturated heterocycles. The minimum atomic E-state index is -2.02. The molecule has 0 atom stereocenters. The van der Waals surface area contributed by atoms with Gasteiger partial charge in [-0.25, -0.2) is 0 Å². The van der Waals surface area contributed by atoms with Crippen LogP contribution in [-0.2, 0) is 109 Å². The van der Waals surface area contributed by atoms with Crippen molar-refractivity contribution in [2.24, 2.45) is 10.8 Å². The number of allylic oxidation sites excluding steroid dienone is 4. The van der Waals surface area contributed by atoms with E-state index < -0.39 is 66.4 Å². The molecule has 0 spiro atoms. The number of carboxylic acids is 4. The number of hydrogen-bond donors (Lipinski definition) is 0.